The molecule has 4 rings (SSSR count). The molecule has 1 saturated carbocycles. The lowest BCUT2D eigenvalue weighted by Crippen LogP contribution is -2.61. The molecule has 3 N–H and O–H groups in total. The van der Waals surface area contributed by atoms with Gasteiger partial charge in [0.25, 0.3) is 5.91 Å². The predicted molar refractivity (Wildman–Crippen MR) is 114 cm³/mol. The minimum absolute atomic E-state index is 0.219. The van der Waals surface area contributed by atoms with Crippen molar-refractivity contribution in [3.8, 4) is 0 Å². The van der Waals surface area contributed by atoms with E-state index in [1.807, 2.05) is 18.6 Å². The molecule has 0 aromatic heterocycles. The highest BCUT2D eigenvalue weighted by molar-refractivity contribution is 5.95. The summed E-state index contributed by atoms with van der Waals surface area (Å²) in [5.41, 5.74) is 7.63. The number of hydrogen-bond donors (Lipinski definition) is 2. The number of likely N-dealkylation sites (tertiary alicyclic amines) is 2. The number of nitrogens with two attached hydrogens (primary N) is 1. The molecule has 2 heterocycles. The van der Waals surface area contributed by atoms with Gasteiger partial charge in [0.2, 0.25) is 11.8 Å². The number of nitrogens with one attached hydrogen (secondary N) is 1. The van der Waals surface area contributed by atoms with Crippen LogP contribution in [0.5, 0.6) is 0 Å². The van der Waals surface area contributed by atoms with Crippen LogP contribution in [-0.4, -0.2) is 65.8 Å². The molecule has 0 bridgehead atoms. The van der Waals surface area contributed by atoms with Crippen LogP contribution in [0.2, 0.25) is 0 Å². The normalized spacial score (nSPS) is 25.7. The maximum Gasteiger partial charge on any atom is 0.251 e. The zero-order chi connectivity index (χ0) is 21.3. The second kappa shape index (κ2) is 8.38. The minimum Gasteiger partial charge on any atom is -0.368 e. The topological polar surface area (TPSA) is 95.7 Å². The zero-order valence-corrected chi connectivity index (χ0v) is 17.6. The number of primary amides is 1. The minimum atomic E-state index is -0.852. The van der Waals surface area contributed by atoms with Gasteiger partial charge in [0.05, 0.1) is 6.04 Å². The smallest absolute Gasteiger partial charge is 0.251 e. The van der Waals surface area contributed by atoms with Crippen LogP contribution in [0.25, 0.3) is 0 Å². The van der Waals surface area contributed by atoms with Crippen molar-refractivity contribution in [2.24, 2.45) is 5.73 Å². The van der Waals surface area contributed by atoms with Crippen LogP contribution in [0, 0.1) is 6.42 Å². The number of amides is 3. The van der Waals surface area contributed by atoms with Crippen molar-refractivity contribution in [1.29, 1.82) is 0 Å². The molecule has 30 heavy (non-hydrogen) atoms. The highest BCUT2D eigenvalue weighted by Gasteiger charge is 2.45. The van der Waals surface area contributed by atoms with Crippen LogP contribution in [-0.2, 0) is 15.0 Å². The zero-order valence-electron chi connectivity index (χ0n) is 17.6. The van der Waals surface area contributed by atoms with Gasteiger partial charge in [-0.2, -0.15) is 0 Å². The summed E-state index contributed by atoms with van der Waals surface area (Å²) >= 11 is 0. The molecule has 3 amide bonds. The monoisotopic (exact) mass is 411 g/mol. The maximum atomic E-state index is 12.8. The van der Waals surface area contributed by atoms with Gasteiger partial charge in [-0.1, -0.05) is 12.1 Å². The average Bonchev–Trinajstić information content (AvgIpc) is 3.32. The van der Waals surface area contributed by atoms with E-state index in [4.69, 9.17) is 5.73 Å². The number of carbonyl (C=O) groups is 3. The maximum absolute atomic E-state index is 12.8. The summed E-state index contributed by atoms with van der Waals surface area (Å²) in [7, 11) is 0. The van der Waals surface area contributed by atoms with Gasteiger partial charge < -0.3 is 20.9 Å². The molecule has 0 spiro atoms. The highest BCUT2D eigenvalue weighted by atomic mass is 16.2. The third kappa shape index (κ3) is 4.21. The summed E-state index contributed by atoms with van der Waals surface area (Å²) < 4.78 is 0. The molecular formula is C23H31N4O3. The summed E-state index contributed by atoms with van der Waals surface area (Å²) in [4.78, 5) is 40.6. The Hall–Kier alpha value is -2.41. The fraction of sp³-hybridized carbons (Fsp3) is 0.565. The molecule has 1 aromatic rings. The molecule has 7 nitrogen and oxygen atoms in total. The number of benzene rings is 1. The van der Waals surface area contributed by atoms with E-state index in [0.717, 1.165) is 6.54 Å². The van der Waals surface area contributed by atoms with E-state index in [2.05, 4.69) is 22.3 Å². The Kier molecular flexibility index (Phi) is 5.82. The van der Waals surface area contributed by atoms with E-state index in [9.17, 15) is 14.4 Å². The van der Waals surface area contributed by atoms with Crippen LogP contribution >= 0.6 is 0 Å². The number of rotatable bonds is 6. The van der Waals surface area contributed by atoms with Crippen LogP contribution < -0.4 is 11.1 Å². The fourth-order valence-electron chi connectivity index (χ4n) is 4.94. The lowest BCUT2D eigenvalue weighted by molar-refractivity contribution is -0.139. The standard InChI is InChI=1S/C23H31N4O3/c1-16(28)27-14-4-5-19(20(27)21(24)29)25-22(30)17-6-8-18(9-7-17)23(10-11-23)15-26-12-2-3-13-26/h5-9,19-20H,2-4,10-15H2,1H3,(H2,24,29)(H,25,30). The molecule has 3 aliphatic rings. The van der Waals surface area contributed by atoms with Gasteiger partial charge in [-0.15, -0.1) is 0 Å². The third-order valence-electron chi connectivity index (χ3n) is 6.80. The molecule has 7 heteroatoms. The van der Waals surface area contributed by atoms with Crippen molar-refractivity contribution in [1.82, 2.24) is 15.1 Å². The Bertz CT molecular complexity index is 812. The Morgan fingerprint density at radius 1 is 1.10 bits per heavy atom. The first-order valence-corrected chi connectivity index (χ1v) is 10.9. The van der Waals surface area contributed by atoms with Crippen LogP contribution in [0.4, 0.5) is 0 Å². The van der Waals surface area contributed by atoms with Crippen molar-refractivity contribution in [3.05, 3.63) is 41.8 Å². The second-order valence-electron chi connectivity index (χ2n) is 8.92. The van der Waals surface area contributed by atoms with Gasteiger partial charge in [-0.25, -0.2) is 0 Å². The molecule has 161 valence electrons. The number of piperidine rings is 1. The molecule has 3 fully saturated rings. The molecule has 2 unspecified atom stereocenters. The van der Waals surface area contributed by atoms with Gasteiger partial charge in [0.15, 0.2) is 0 Å². The van der Waals surface area contributed by atoms with E-state index < -0.39 is 18.0 Å². The van der Waals surface area contributed by atoms with Crippen molar-refractivity contribution in [2.75, 3.05) is 26.2 Å². The fourth-order valence-corrected chi connectivity index (χ4v) is 4.94. The summed E-state index contributed by atoms with van der Waals surface area (Å²) in [6.45, 7) is 5.34. The third-order valence-corrected chi connectivity index (χ3v) is 6.80. The van der Waals surface area contributed by atoms with E-state index in [-0.39, 0.29) is 17.2 Å². The molecule has 2 saturated heterocycles. The van der Waals surface area contributed by atoms with Crippen molar-refractivity contribution >= 4 is 17.7 Å². The first kappa shape index (κ1) is 20.8. The molecule has 1 radical (unpaired) electrons. The Labute approximate surface area is 178 Å². The summed E-state index contributed by atoms with van der Waals surface area (Å²) in [5.74, 6) is -1.09. The molecule has 1 aromatic carbocycles. The van der Waals surface area contributed by atoms with Gasteiger partial charge in [0, 0.05) is 31.0 Å². The highest BCUT2D eigenvalue weighted by Crippen LogP contribution is 2.49. The number of hydrogen-bond acceptors (Lipinski definition) is 4. The predicted octanol–water partition coefficient (Wildman–Crippen LogP) is 1.22. The van der Waals surface area contributed by atoms with E-state index in [1.54, 1.807) is 0 Å². The van der Waals surface area contributed by atoms with Crippen LogP contribution in [0.3, 0.4) is 0 Å². The van der Waals surface area contributed by atoms with E-state index >= 15 is 0 Å². The lowest BCUT2D eigenvalue weighted by atomic mass is 9.93. The summed E-state index contributed by atoms with van der Waals surface area (Å²) in [6.07, 6.45) is 7.45. The van der Waals surface area contributed by atoms with Gasteiger partial charge in [-0.05, 0) is 69.3 Å². The van der Waals surface area contributed by atoms with Crippen molar-refractivity contribution < 1.29 is 14.4 Å². The molecule has 1 aliphatic carbocycles. The van der Waals surface area contributed by atoms with Crippen molar-refractivity contribution in [3.63, 3.8) is 0 Å². The first-order valence-electron chi connectivity index (χ1n) is 10.9. The van der Waals surface area contributed by atoms with Crippen LogP contribution in [0.1, 0.15) is 54.9 Å². The van der Waals surface area contributed by atoms with Crippen LogP contribution in [0.15, 0.2) is 24.3 Å². The molecule has 2 aliphatic heterocycles. The average molecular weight is 412 g/mol. The van der Waals surface area contributed by atoms with Gasteiger partial charge in [0.1, 0.15) is 6.04 Å². The number of nitrogens with zero attached hydrogens (tertiary/aromatic N) is 2. The Morgan fingerprint density at radius 2 is 1.77 bits per heavy atom. The Balaban J connectivity index is 1.42. The summed E-state index contributed by atoms with van der Waals surface area (Å²) in [6, 6.07) is 6.41. The lowest BCUT2D eigenvalue weighted by Gasteiger charge is -2.39. The quantitative estimate of drug-likeness (QED) is 0.736. The SMILES string of the molecule is CC(=O)N1CC[CH]C(NC(=O)c2ccc(C3(CN4CCCC4)CC3)cc2)C1C(N)=O. The second-order valence-corrected chi connectivity index (χ2v) is 8.92. The molecular weight excluding hydrogens is 380 g/mol. The largest absolute Gasteiger partial charge is 0.368 e. The van der Waals surface area contributed by atoms with E-state index in [0.29, 0.717) is 18.5 Å². The van der Waals surface area contributed by atoms with Gasteiger partial charge >= 0.3 is 0 Å². The Morgan fingerprint density at radius 3 is 2.33 bits per heavy atom. The van der Waals surface area contributed by atoms with E-state index in [1.165, 1.54) is 56.2 Å². The first-order chi connectivity index (χ1) is 14.4. The molecule has 2 atom stereocenters. The summed E-state index contributed by atoms with van der Waals surface area (Å²) in [5, 5.41) is 2.89. The number of carbonyl (C=O) groups excluding carboxylic acids is 3. The van der Waals surface area contributed by atoms with Crippen molar-refractivity contribution in [2.45, 2.75) is 56.5 Å². The van der Waals surface area contributed by atoms with Gasteiger partial charge in [-0.3, -0.25) is 14.4 Å².